The molecule has 1 fully saturated rings. The van der Waals surface area contributed by atoms with Crippen molar-refractivity contribution < 1.29 is 0 Å². The molecule has 6 heteroatoms. The van der Waals surface area contributed by atoms with Crippen LogP contribution in [0.4, 0.5) is 11.5 Å². The van der Waals surface area contributed by atoms with E-state index in [1.807, 2.05) is 18.3 Å². The average Bonchev–Trinajstić information content (AvgIpc) is 2.80. The van der Waals surface area contributed by atoms with Crippen LogP contribution in [0.5, 0.6) is 0 Å². The summed E-state index contributed by atoms with van der Waals surface area (Å²) in [4.78, 5) is 13.2. The fraction of sp³-hybridized carbons (Fsp3) is 0.240. The molecule has 2 aliphatic rings. The molecule has 0 atom stereocenters. The van der Waals surface area contributed by atoms with Crippen LogP contribution in [0.3, 0.4) is 0 Å². The van der Waals surface area contributed by atoms with Crippen molar-refractivity contribution in [3.63, 3.8) is 0 Å². The van der Waals surface area contributed by atoms with Gasteiger partial charge in [0.15, 0.2) is 0 Å². The summed E-state index contributed by atoms with van der Waals surface area (Å²) >= 11 is 0. The topological polar surface area (TPSA) is 74.8 Å². The molecule has 0 radical (unpaired) electrons. The minimum absolute atomic E-state index is 0.636. The van der Waals surface area contributed by atoms with Gasteiger partial charge in [-0.3, -0.25) is 0 Å². The number of anilines is 2. The van der Waals surface area contributed by atoms with E-state index in [-0.39, 0.29) is 0 Å². The summed E-state index contributed by atoms with van der Waals surface area (Å²) in [6.07, 6.45) is 11.4. The Morgan fingerprint density at radius 1 is 1.10 bits per heavy atom. The van der Waals surface area contributed by atoms with E-state index in [0.717, 1.165) is 52.7 Å². The lowest BCUT2D eigenvalue weighted by Gasteiger charge is -2.25. The molecule has 1 saturated heterocycles. The summed E-state index contributed by atoms with van der Waals surface area (Å²) < 4.78 is 0. The van der Waals surface area contributed by atoms with Crippen molar-refractivity contribution in [2.24, 2.45) is 0 Å². The Labute approximate surface area is 182 Å². The molecular weight excluding hydrogens is 384 g/mol. The zero-order valence-electron chi connectivity index (χ0n) is 17.7. The van der Waals surface area contributed by atoms with Crippen molar-refractivity contribution >= 4 is 23.3 Å². The molecule has 0 spiro atoms. The predicted octanol–water partition coefficient (Wildman–Crippen LogP) is 4.60. The van der Waals surface area contributed by atoms with Crippen LogP contribution in [0.2, 0.25) is 0 Å². The molecule has 6 nitrogen and oxygen atoms in total. The first-order chi connectivity index (χ1) is 15.2. The molecule has 2 aliphatic heterocycles. The number of nitrogens with zero attached hydrogens (tertiary/aromatic N) is 3. The maximum Gasteiger partial charge on any atom is 0.141 e. The summed E-state index contributed by atoms with van der Waals surface area (Å²) in [5.74, 6) is 1.41. The number of fused-ring (bicyclic) bond motifs is 1. The van der Waals surface area contributed by atoms with E-state index in [0.29, 0.717) is 5.92 Å². The molecule has 0 unspecified atom stereocenters. The van der Waals surface area contributed by atoms with Gasteiger partial charge in [-0.25, -0.2) is 15.0 Å². The van der Waals surface area contributed by atoms with Crippen LogP contribution in [0, 0.1) is 6.92 Å². The Kier molecular flexibility index (Phi) is 5.22. The van der Waals surface area contributed by atoms with Crippen LogP contribution in [-0.4, -0.2) is 28.0 Å². The van der Waals surface area contributed by atoms with Crippen molar-refractivity contribution in [1.29, 1.82) is 0 Å². The monoisotopic (exact) mass is 410 g/mol. The SMILES string of the molecule is C=C1NC=Cc2cc(-c3cncnc3)nc(Nc3ccc(C4CCNCC4)c(C)c3)c21. The third-order valence-electron chi connectivity index (χ3n) is 6.04. The van der Waals surface area contributed by atoms with E-state index in [2.05, 4.69) is 57.6 Å². The highest BCUT2D eigenvalue weighted by molar-refractivity contribution is 5.86. The quantitative estimate of drug-likeness (QED) is 0.584. The van der Waals surface area contributed by atoms with Crippen molar-refractivity contribution in [2.75, 3.05) is 18.4 Å². The van der Waals surface area contributed by atoms with Crippen LogP contribution in [0.15, 0.2) is 55.8 Å². The van der Waals surface area contributed by atoms with Gasteiger partial charge in [0, 0.05) is 41.1 Å². The molecule has 0 saturated carbocycles. The molecule has 0 aliphatic carbocycles. The maximum absolute atomic E-state index is 4.91. The molecule has 5 rings (SSSR count). The highest BCUT2D eigenvalue weighted by Crippen LogP contribution is 2.35. The van der Waals surface area contributed by atoms with Crippen LogP contribution < -0.4 is 16.0 Å². The number of hydrogen-bond acceptors (Lipinski definition) is 6. The summed E-state index contributed by atoms with van der Waals surface area (Å²) in [6, 6.07) is 8.69. The molecule has 31 heavy (non-hydrogen) atoms. The first-order valence-corrected chi connectivity index (χ1v) is 10.7. The van der Waals surface area contributed by atoms with Crippen molar-refractivity contribution in [3.8, 4) is 11.3 Å². The molecule has 3 N–H and O–H groups in total. The fourth-order valence-electron chi connectivity index (χ4n) is 4.47. The minimum Gasteiger partial charge on any atom is -0.362 e. The summed E-state index contributed by atoms with van der Waals surface area (Å²) in [6.45, 7) is 8.57. The standard InChI is InChI=1S/C25H26N6/c1-16-11-21(3-4-22(16)18-5-8-26-9-6-18)30-25-24-17(2)29-10-7-19(24)12-23(31-25)20-13-27-15-28-14-20/h3-4,7,10-15,18,26,29H,2,5-6,8-9H2,1H3,(H,30,31). The van der Waals surface area contributed by atoms with Gasteiger partial charge in [0.1, 0.15) is 12.1 Å². The van der Waals surface area contributed by atoms with E-state index in [1.54, 1.807) is 12.4 Å². The van der Waals surface area contributed by atoms with Gasteiger partial charge in [-0.05, 0) is 79.7 Å². The highest BCUT2D eigenvalue weighted by atomic mass is 15.0. The lowest BCUT2D eigenvalue weighted by molar-refractivity contribution is 0.459. The Morgan fingerprint density at radius 3 is 2.68 bits per heavy atom. The second-order valence-electron chi connectivity index (χ2n) is 8.12. The number of piperidine rings is 1. The van der Waals surface area contributed by atoms with Crippen LogP contribution in [0.1, 0.15) is 41.0 Å². The van der Waals surface area contributed by atoms with E-state index >= 15 is 0 Å². The third-order valence-corrected chi connectivity index (χ3v) is 6.04. The molecule has 0 bridgehead atoms. The average molecular weight is 411 g/mol. The third kappa shape index (κ3) is 3.94. The second-order valence-corrected chi connectivity index (χ2v) is 8.12. The number of nitrogens with one attached hydrogen (secondary N) is 3. The van der Waals surface area contributed by atoms with E-state index in [4.69, 9.17) is 4.98 Å². The number of aryl methyl sites for hydroxylation is 1. The molecule has 0 amide bonds. The van der Waals surface area contributed by atoms with Gasteiger partial charge in [-0.2, -0.15) is 0 Å². The zero-order chi connectivity index (χ0) is 21.2. The summed E-state index contributed by atoms with van der Waals surface area (Å²) in [5.41, 5.74) is 8.35. The van der Waals surface area contributed by atoms with E-state index in [9.17, 15) is 0 Å². The molecule has 3 aromatic rings. The molecule has 156 valence electrons. The van der Waals surface area contributed by atoms with Gasteiger partial charge in [0.05, 0.1) is 5.69 Å². The first kappa shape index (κ1) is 19.5. The van der Waals surface area contributed by atoms with Crippen molar-refractivity contribution in [3.05, 3.63) is 78.0 Å². The summed E-state index contributed by atoms with van der Waals surface area (Å²) in [5, 5.41) is 10.2. The number of pyridine rings is 1. The van der Waals surface area contributed by atoms with Crippen LogP contribution >= 0.6 is 0 Å². The Balaban J connectivity index is 1.52. The second kappa shape index (κ2) is 8.32. The number of aromatic nitrogens is 3. The van der Waals surface area contributed by atoms with Gasteiger partial charge in [0.25, 0.3) is 0 Å². The van der Waals surface area contributed by atoms with Gasteiger partial charge < -0.3 is 16.0 Å². The lowest BCUT2D eigenvalue weighted by Crippen LogP contribution is -2.26. The number of rotatable bonds is 4. The Morgan fingerprint density at radius 2 is 1.90 bits per heavy atom. The largest absolute Gasteiger partial charge is 0.362 e. The van der Waals surface area contributed by atoms with Crippen LogP contribution in [-0.2, 0) is 0 Å². The Hall–Kier alpha value is -3.51. The predicted molar refractivity (Wildman–Crippen MR) is 126 cm³/mol. The molecule has 4 heterocycles. The van der Waals surface area contributed by atoms with E-state index in [1.165, 1.54) is 30.3 Å². The van der Waals surface area contributed by atoms with Gasteiger partial charge in [-0.15, -0.1) is 0 Å². The first-order valence-electron chi connectivity index (χ1n) is 10.7. The summed E-state index contributed by atoms with van der Waals surface area (Å²) in [7, 11) is 0. The smallest absolute Gasteiger partial charge is 0.141 e. The fourth-order valence-corrected chi connectivity index (χ4v) is 4.47. The normalized spacial score (nSPS) is 16.0. The van der Waals surface area contributed by atoms with Crippen molar-refractivity contribution in [2.45, 2.75) is 25.7 Å². The molecule has 2 aromatic heterocycles. The minimum atomic E-state index is 0.636. The Bertz CT molecular complexity index is 1150. The number of hydrogen-bond donors (Lipinski definition) is 3. The lowest BCUT2D eigenvalue weighted by atomic mass is 9.87. The van der Waals surface area contributed by atoms with Gasteiger partial charge in [0.2, 0.25) is 0 Å². The molecule has 1 aromatic carbocycles. The van der Waals surface area contributed by atoms with Gasteiger partial charge in [-0.1, -0.05) is 12.6 Å². The van der Waals surface area contributed by atoms with E-state index < -0.39 is 0 Å². The van der Waals surface area contributed by atoms with Gasteiger partial charge >= 0.3 is 0 Å². The van der Waals surface area contributed by atoms with Crippen molar-refractivity contribution in [1.82, 2.24) is 25.6 Å². The highest BCUT2D eigenvalue weighted by Gasteiger charge is 2.19. The van der Waals surface area contributed by atoms with Crippen LogP contribution in [0.25, 0.3) is 23.0 Å². The molecular formula is C25H26N6. The maximum atomic E-state index is 4.91. The zero-order valence-corrected chi connectivity index (χ0v) is 17.7. The number of benzene rings is 1.